The lowest BCUT2D eigenvalue weighted by atomic mass is 10.0. The maximum absolute atomic E-state index is 13.1. The van der Waals surface area contributed by atoms with E-state index in [-0.39, 0.29) is 30.9 Å². The van der Waals surface area contributed by atoms with E-state index < -0.39 is 11.9 Å². The zero-order valence-electron chi connectivity index (χ0n) is 23.1. The number of nitrogens with one attached hydrogen (secondary N) is 2. The Morgan fingerprint density at radius 2 is 1.72 bits per heavy atom. The number of amides is 2. The fourth-order valence-corrected chi connectivity index (χ4v) is 3.82. The topological polar surface area (TPSA) is 114 Å². The second-order valence-electron chi connectivity index (χ2n) is 9.25. The van der Waals surface area contributed by atoms with Gasteiger partial charge in [-0.3, -0.25) is 19.2 Å². The maximum atomic E-state index is 13.1. The number of fused-ring (bicyclic) bond motifs is 1. The molecule has 0 saturated carbocycles. The highest BCUT2D eigenvalue weighted by Crippen LogP contribution is 2.34. The van der Waals surface area contributed by atoms with Crippen LogP contribution in [0.3, 0.4) is 0 Å². The van der Waals surface area contributed by atoms with Crippen LogP contribution in [0, 0.1) is 0 Å². The van der Waals surface area contributed by atoms with E-state index in [1.165, 1.54) is 6.08 Å². The summed E-state index contributed by atoms with van der Waals surface area (Å²) in [4.78, 5) is 49.3. The smallest absolute Gasteiger partial charge is 0.243 e. The summed E-state index contributed by atoms with van der Waals surface area (Å²) in [5.41, 5.74) is 1.39. The number of aldehydes is 1. The van der Waals surface area contributed by atoms with Gasteiger partial charge in [-0.05, 0) is 36.6 Å². The number of Topliss-reactive ketones (excluding diaryl/α,β-unsaturated/α-hetero) is 1. The summed E-state index contributed by atoms with van der Waals surface area (Å²) in [6, 6.07) is 13.3. The molecule has 2 atom stereocenters. The largest absolute Gasteiger partial charge is 0.454 e. The SMILES string of the molecule is CCCC[C@H](NC(=O)CC(=O)c1ccccc1)C(=O)N[C@@H](CC)c1ccc2c(c1)OCO2.CN(C)/C=C/C=O. The Balaban J connectivity index is 0.000000673. The van der Waals surface area contributed by atoms with Crippen molar-refractivity contribution in [3.05, 3.63) is 71.9 Å². The second-order valence-corrected chi connectivity index (χ2v) is 9.25. The van der Waals surface area contributed by atoms with E-state index >= 15 is 0 Å². The number of carbonyl (C=O) groups is 4. The second kappa shape index (κ2) is 16.7. The molecule has 9 heteroatoms. The van der Waals surface area contributed by atoms with Crippen molar-refractivity contribution in [2.75, 3.05) is 20.9 Å². The van der Waals surface area contributed by atoms with Gasteiger partial charge in [0.2, 0.25) is 18.6 Å². The van der Waals surface area contributed by atoms with Crippen molar-refractivity contribution in [3.63, 3.8) is 0 Å². The minimum Gasteiger partial charge on any atom is -0.454 e. The summed E-state index contributed by atoms with van der Waals surface area (Å²) in [7, 11) is 3.72. The Morgan fingerprint density at radius 1 is 1.00 bits per heavy atom. The third kappa shape index (κ3) is 10.6. The molecular weight excluding hydrogens is 498 g/mol. The van der Waals surface area contributed by atoms with Gasteiger partial charge in [-0.2, -0.15) is 0 Å². The third-order valence-corrected chi connectivity index (χ3v) is 5.90. The van der Waals surface area contributed by atoms with Crippen LogP contribution >= 0.6 is 0 Å². The Bertz CT molecular complexity index is 1120. The lowest BCUT2D eigenvalue weighted by Gasteiger charge is -2.23. The van der Waals surface area contributed by atoms with Gasteiger partial charge in [0.05, 0.1) is 12.5 Å². The van der Waals surface area contributed by atoms with Gasteiger partial charge in [-0.15, -0.1) is 0 Å². The van der Waals surface area contributed by atoms with E-state index in [2.05, 4.69) is 10.6 Å². The van der Waals surface area contributed by atoms with Gasteiger partial charge in [-0.25, -0.2) is 0 Å². The standard InChI is InChI=1S/C25H30N2O5.C5H9NO/c1-3-5-11-20(26-24(29)15-21(28)17-9-7-6-8-10-17)25(30)27-19(4-2)18-12-13-22-23(14-18)32-16-31-22;1-6(2)4-3-5-7/h6-10,12-14,19-20H,3-5,11,15-16H2,1-2H3,(H,26,29)(H,27,30);3-5H,1-2H3/b;4-3+/t19-,20-;/m0./s1. The molecule has 0 fully saturated rings. The molecule has 0 aliphatic carbocycles. The lowest BCUT2D eigenvalue weighted by molar-refractivity contribution is -0.129. The van der Waals surface area contributed by atoms with Gasteiger partial charge in [0.25, 0.3) is 0 Å². The molecule has 210 valence electrons. The molecule has 0 bridgehead atoms. The number of rotatable bonds is 13. The maximum Gasteiger partial charge on any atom is 0.243 e. The van der Waals surface area contributed by atoms with Crippen LogP contribution in [0.2, 0.25) is 0 Å². The average Bonchev–Trinajstić information content (AvgIpc) is 3.41. The zero-order chi connectivity index (χ0) is 28.6. The normalized spacial score (nSPS) is 13.0. The quantitative estimate of drug-likeness (QED) is 0.170. The number of carbonyl (C=O) groups excluding carboxylic acids is 4. The Hall–Kier alpha value is -4.14. The van der Waals surface area contributed by atoms with E-state index in [0.29, 0.717) is 29.9 Å². The monoisotopic (exact) mass is 537 g/mol. The first-order valence-electron chi connectivity index (χ1n) is 13.1. The van der Waals surface area contributed by atoms with E-state index in [9.17, 15) is 19.2 Å². The molecule has 0 saturated heterocycles. The summed E-state index contributed by atoms with van der Waals surface area (Å²) in [6.45, 7) is 4.19. The van der Waals surface area contributed by atoms with Crippen LogP contribution in [-0.2, 0) is 14.4 Å². The van der Waals surface area contributed by atoms with Crippen molar-refractivity contribution >= 4 is 23.9 Å². The Morgan fingerprint density at radius 3 is 2.33 bits per heavy atom. The number of benzene rings is 2. The Kier molecular flexibility index (Phi) is 13.3. The molecule has 1 heterocycles. The number of unbranched alkanes of at least 4 members (excludes halogenated alkanes) is 1. The molecule has 1 aliphatic rings. The van der Waals surface area contributed by atoms with Crippen molar-refractivity contribution in [2.24, 2.45) is 0 Å². The highest BCUT2D eigenvalue weighted by molar-refractivity contribution is 6.08. The van der Waals surface area contributed by atoms with Crippen LogP contribution in [0.15, 0.2) is 60.8 Å². The van der Waals surface area contributed by atoms with E-state index in [1.54, 1.807) is 35.4 Å². The molecule has 2 aromatic rings. The number of hydrogen-bond acceptors (Lipinski definition) is 7. The van der Waals surface area contributed by atoms with Crippen molar-refractivity contribution in [2.45, 2.75) is 58.0 Å². The van der Waals surface area contributed by atoms with Crippen LogP contribution in [0.25, 0.3) is 0 Å². The first-order chi connectivity index (χ1) is 18.8. The molecule has 39 heavy (non-hydrogen) atoms. The van der Waals surface area contributed by atoms with Gasteiger partial charge in [0.1, 0.15) is 12.3 Å². The molecule has 0 spiro atoms. The molecule has 2 aromatic carbocycles. The van der Waals surface area contributed by atoms with Crippen molar-refractivity contribution in [1.82, 2.24) is 15.5 Å². The van der Waals surface area contributed by atoms with Gasteiger partial charge < -0.3 is 25.0 Å². The third-order valence-electron chi connectivity index (χ3n) is 5.90. The van der Waals surface area contributed by atoms with Gasteiger partial charge in [0.15, 0.2) is 17.3 Å². The minimum atomic E-state index is -0.700. The molecule has 0 radical (unpaired) electrons. The molecule has 1 aliphatic heterocycles. The van der Waals surface area contributed by atoms with E-state index in [4.69, 9.17) is 9.47 Å². The first-order valence-corrected chi connectivity index (χ1v) is 13.1. The van der Waals surface area contributed by atoms with Gasteiger partial charge in [0, 0.05) is 25.9 Å². The number of ketones is 1. The van der Waals surface area contributed by atoms with Crippen LogP contribution < -0.4 is 20.1 Å². The molecule has 0 aromatic heterocycles. The fourth-order valence-electron chi connectivity index (χ4n) is 3.82. The van der Waals surface area contributed by atoms with Crippen LogP contribution in [0.5, 0.6) is 11.5 Å². The predicted molar refractivity (Wildman–Crippen MR) is 149 cm³/mol. The lowest BCUT2D eigenvalue weighted by Crippen LogP contribution is -2.48. The minimum absolute atomic E-state index is 0.189. The molecule has 3 rings (SSSR count). The van der Waals surface area contributed by atoms with Gasteiger partial charge in [-0.1, -0.05) is 63.1 Å². The van der Waals surface area contributed by atoms with Crippen molar-refractivity contribution in [1.29, 1.82) is 0 Å². The van der Waals surface area contributed by atoms with Crippen molar-refractivity contribution < 1.29 is 28.7 Å². The molecular formula is C30H39N3O6. The highest BCUT2D eigenvalue weighted by Gasteiger charge is 2.25. The van der Waals surface area contributed by atoms with E-state index in [0.717, 1.165) is 24.7 Å². The van der Waals surface area contributed by atoms with Gasteiger partial charge >= 0.3 is 0 Å². The molecule has 0 unspecified atom stereocenters. The average molecular weight is 538 g/mol. The number of allylic oxidation sites excluding steroid dienone is 1. The summed E-state index contributed by atoms with van der Waals surface area (Å²) in [6.07, 6.45) is 6.44. The highest BCUT2D eigenvalue weighted by atomic mass is 16.7. The summed E-state index contributed by atoms with van der Waals surface area (Å²) < 4.78 is 10.8. The fraction of sp³-hybridized carbons (Fsp3) is 0.400. The molecule has 9 nitrogen and oxygen atoms in total. The summed E-state index contributed by atoms with van der Waals surface area (Å²) in [5.74, 6) is 0.357. The number of nitrogens with zero attached hydrogens (tertiary/aromatic N) is 1. The molecule has 2 amide bonds. The Labute approximate surface area is 230 Å². The van der Waals surface area contributed by atoms with Crippen LogP contribution in [0.4, 0.5) is 0 Å². The van der Waals surface area contributed by atoms with Crippen molar-refractivity contribution in [3.8, 4) is 11.5 Å². The summed E-state index contributed by atoms with van der Waals surface area (Å²) >= 11 is 0. The number of hydrogen-bond donors (Lipinski definition) is 2. The first kappa shape index (κ1) is 31.1. The number of ether oxygens (including phenoxy) is 2. The van der Waals surface area contributed by atoms with Crippen LogP contribution in [0.1, 0.15) is 67.9 Å². The van der Waals surface area contributed by atoms with Crippen LogP contribution in [-0.4, -0.2) is 55.7 Å². The zero-order valence-corrected chi connectivity index (χ0v) is 23.1. The molecule has 2 N–H and O–H groups in total. The van der Waals surface area contributed by atoms with E-state index in [1.807, 2.05) is 52.2 Å². The predicted octanol–water partition coefficient (Wildman–Crippen LogP) is 4.19. The summed E-state index contributed by atoms with van der Waals surface area (Å²) in [5, 5.41) is 5.80.